The summed E-state index contributed by atoms with van der Waals surface area (Å²) in [7, 11) is 0. The van der Waals surface area contributed by atoms with E-state index in [-0.39, 0.29) is 6.04 Å². The molecule has 1 unspecified atom stereocenters. The molecular formula is C16H24BrNO. The van der Waals surface area contributed by atoms with E-state index in [0.717, 1.165) is 22.4 Å². The Balaban J connectivity index is 2.08. The fourth-order valence-corrected chi connectivity index (χ4v) is 3.52. The van der Waals surface area contributed by atoms with Crippen LogP contribution in [0.1, 0.15) is 57.6 Å². The Kier molecular flexibility index (Phi) is 5.28. The van der Waals surface area contributed by atoms with Crippen LogP contribution in [-0.4, -0.2) is 11.1 Å². The average Bonchev–Trinajstić information content (AvgIpc) is 2.93. The highest BCUT2D eigenvalue weighted by molar-refractivity contribution is 9.10. The predicted molar refractivity (Wildman–Crippen MR) is 83.4 cm³/mol. The lowest BCUT2D eigenvalue weighted by atomic mass is 9.96. The number of phenols is 1. The Morgan fingerprint density at radius 1 is 1.37 bits per heavy atom. The van der Waals surface area contributed by atoms with E-state index in [1.165, 1.54) is 25.7 Å². The number of nitrogens with one attached hydrogen (secondary N) is 1. The summed E-state index contributed by atoms with van der Waals surface area (Å²) >= 11 is 3.49. The molecule has 0 spiro atoms. The van der Waals surface area contributed by atoms with Crippen molar-refractivity contribution in [3.63, 3.8) is 0 Å². The van der Waals surface area contributed by atoms with Crippen molar-refractivity contribution < 1.29 is 5.11 Å². The van der Waals surface area contributed by atoms with Crippen molar-refractivity contribution >= 4 is 15.9 Å². The van der Waals surface area contributed by atoms with Crippen LogP contribution in [0.2, 0.25) is 0 Å². The van der Waals surface area contributed by atoms with Crippen LogP contribution in [-0.2, 0) is 0 Å². The minimum atomic E-state index is 0.230. The molecule has 2 nitrogen and oxygen atoms in total. The molecule has 1 saturated carbocycles. The molecule has 2 rings (SSSR count). The molecule has 0 heterocycles. The van der Waals surface area contributed by atoms with Gasteiger partial charge in [0.15, 0.2) is 0 Å². The molecule has 1 aromatic carbocycles. The van der Waals surface area contributed by atoms with E-state index in [4.69, 9.17) is 0 Å². The van der Waals surface area contributed by atoms with Crippen molar-refractivity contribution in [2.45, 2.75) is 58.0 Å². The number of hydrogen-bond acceptors (Lipinski definition) is 2. The van der Waals surface area contributed by atoms with Gasteiger partial charge in [-0.1, -0.05) is 35.7 Å². The minimum Gasteiger partial charge on any atom is -0.508 e. The molecule has 1 aromatic rings. The van der Waals surface area contributed by atoms with Gasteiger partial charge in [0.2, 0.25) is 0 Å². The molecule has 0 amide bonds. The van der Waals surface area contributed by atoms with Gasteiger partial charge in [-0.15, -0.1) is 0 Å². The summed E-state index contributed by atoms with van der Waals surface area (Å²) in [6.07, 6.45) is 6.41. The molecule has 2 N–H and O–H groups in total. The standard InChI is InChI=1S/C16H24BrNO/c1-3-15(14-10-13(17)8-9-16(14)19)18-11(2)12-6-4-5-7-12/h8-12,15,18-19H,3-7H2,1-2H3/t11-,15?/m0/s1. The highest BCUT2D eigenvalue weighted by Gasteiger charge is 2.24. The van der Waals surface area contributed by atoms with E-state index in [2.05, 4.69) is 35.1 Å². The third-order valence-corrected chi connectivity index (χ3v) is 4.84. The number of hydrogen-bond donors (Lipinski definition) is 2. The zero-order valence-corrected chi connectivity index (χ0v) is 13.4. The number of benzene rings is 1. The van der Waals surface area contributed by atoms with Crippen molar-refractivity contribution in [2.24, 2.45) is 5.92 Å². The maximum atomic E-state index is 10.1. The van der Waals surface area contributed by atoms with E-state index in [0.29, 0.717) is 11.8 Å². The maximum Gasteiger partial charge on any atom is 0.120 e. The SMILES string of the molecule is CCC(N[C@@H](C)C1CCCC1)c1cc(Br)ccc1O. The van der Waals surface area contributed by atoms with E-state index < -0.39 is 0 Å². The molecule has 2 atom stereocenters. The van der Waals surface area contributed by atoms with Gasteiger partial charge in [-0.3, -0.25) is 0 Å². The molecule has 1 fully saturated rings. The number of rotatable bonds is 5. The van der Waals surface area contributed by atoms with Gasteiger partial charge >= 0.3 is 0 Å². The zero-order valence-electron chi connectivity index (χ0n) is 11.8. The average molecular weight is 326 g/mol. The van der Waals surface area contributed by atoms with Crippen LogP contribution in [0.3, 0.4) is 0 Å². The van der Waals surface area contributed by atoms with Gasteiger partial charge < -0.3 is 10.4 Å². The lowest BCUT2D eigenvalue weighted by Gasteiger charge is -2.27. The van der Waals surface area contributed by atoms with Gasteiger partial charge in [-0.25, -0.2) is 0 Å². The van der Waals surface area contributed by atoms with Gasteiger partial charge in [0.25, 0.3) is 0 Å². The first kappa shape index (κ1) is 14.9. The Bertz CT molecular complexity index is 415. The van der Waals surface area contributed by atoms with Gasteiger partial charge in [-0.2, -0.15) is 0 Å². The summed E-state index contributed by atoms with van der Waals surface area (Å²) in [5, 5.41) is 13.8. The van der Waals surface area contributed by atoms with Gasteiger partial charge in [0.05, 0.1) is 0 Å². The van der Waals surface area contributed by atoms with Crippen LogP contribution in [0.25, 0.3) is 0 Å². The van der Waals surface area contributed by atoms with Crippen molar-refractivity contribution in [2.75, 3.05) is 0 Å². The zero-order chi connectivity index (χ0) is 13.8. The molecule has 19 heavy (non-hydrogen) atoms. The summed E-state index contributed by atoms with van der Waals surface area (Å²) in [6.45, 7) is 4.45. The summed E-state index contributed by atoms with van der Waals surface area (Å²) in [4.78, 5) is 0. The number of aromatic hydroxyl groups is 1. The molecule has 106 valence electrons. The largest absolute Gasteiger partial charge is 0.508 e. The first-order chi connectivity index (χ1) is 9.11. The minimum absolute atomic E-state index is 0.230. The van der Waals surface area contributed by atoms with Gasteiger partial charge in [0, 0.05) is 22.1 Å². The molecule has 0 saturated heterocycles. The Morgan fingerprint density at radius 3 is 2.68 bits per heavy atom. The Hall–Kier alpha value is -0.540. The Labute approximate surface area is 124 Å². The summed E-state index contributed by atoms with van der Waals surface area (Å²) in [5.74, 6) is 1.18. The Morgan fingerprint density at radius 2 is 2.05 bits per heavy atom. The second-order valence-corrected chi connectivity index (χ2v) is 6.58. The molecule has 1 aliphatic carbocycles. The summed E-state index contributed by atoms with van der Waals surface area (Å²) < 4.78 is 1.02. The van der Waals surface area contributed by atoms with E-state index in [1.54, 1.807) is 6.07 Å². The first-order valence-electron chi connectivity index (χ1n) is 7.36. The molecule has 0 bridgehead atoms. The quantitative estimate of drug-likeness (QED) is 0.816. The smallest absolute Gasteiger partial charge is 0.120 e. The van der Waals surface area contributed by atoms with Crippen molar-refractivity contribution in [1.82, 2.24) is 5.32 Å². The fourth-order valence-electron chi connectivity index (χ4n) is 3.14. The molecular weight excluding hydrogens is 302 g/mol. The maximum absolute atomic E-state index is 10.1. The lowest BCUT2D eigenvalue weighted by Crippen LogP contribution is -2.35. The van der Waals surface area contributed by atoms with Crippen LogP contribution >= 0.6 is 15.9 Å². The molecule has 0 aromatic heterocycles. The van der Waals surface area contributed by atoms with E-state index in [9.17, 15) is 5.11 Å². The molecule has 0 radical (unpaired) electrons. The second-order valence-electron chi connectivity index (χ2n) is 5.66. The van der Waals surface area contributed by atoms with Crippen LogP contribution < -0.4 is 5.32 Å². The van der Waals surface area contributed by atoms with Crippen molar-refractivity contribution in [3.8, 4) is 5.75 Å². The second kappa shape index (κ2) is 6.76. The lowest BCUT2D eigenvalue weighted by molar-refractivity contribution is 0.333. The van der Waals surface area contributed by atoms with Crippen molar-refractivity contribution in [3.05, 3.63) is 28.2 Å². The highest BCUT2D eigenvalue weighted by atomic mass is 79.9. The van der Waals surface area contributed by atoms with Crippen LogP contribution in [0.15, 0.2) is 22.7 Å². The number of halogens is 1. The third-order valence-electron chi connectivity index (χ3n) is 4.34. The summed E-state index contributed by atoms with van der Waals surface area (Å²) in [6, 6.07) is 6.42. The van der Waals surface area contributed by atoms with Crippen molar-refractivity contribution in [1.29, 1.82) is 0 Å². The van der Waals surface area contributed by atoms with Gasteiger partial charge in [0.1, 0.15) is 5.75 Å². The van der Waals surface area contributed by atoms with E-state index in [1.807, 2.05) is 12.1 Å². The van der Waals surface area contributed by atoms with Gasteiger partial charge in [-0.05, 0) is 50.3 Å². The normalized spacial score (nSPS) is 19.5. The highest BCUT2D eigenvalue weighted by Crippen LogP contribution is 2.32. The van der Waals surface area contributed by atoms with Crippen LogP contribution in [0.5, 0.6) is 5.75 Å². The topological polar surface area (TPSA) is 32.3 Å². The molecule has 0 aliphatic heterocycles. The molecule has 3 heteroatoms. The first-order valence-corrected chi connectivity index (χ1v) is 8.15. The molecule has 1 aliphatic rings. The number of phenolic OH excluding ortho intramolecular Hbond substituents is 1. The monoisotopic (exact) mass is 325 g/mol. The summed E-state index contributed by atoms with van der Waals surface area (Å²) in [5.41, 5.74) is 1.00. The predicted octanol–water partition coefficient (Wildman–Crippen LogP) is 4.77. The van der Waals surface area contributed by atoms with E-state index >= 15 is 0 Å². The van der Waals surface area contributed by atoms with Crippen LogP contribution in [0.4, 0.5) is 0 Å². The van der Waals surface area contributed by atoms with Crippen LogP contribution in [0, 0.1) is 5.92 Å². The third kappa shape index (κ3) is 3.73. The fraction of sp³-hybridized carbons (Fsp3) is 0.625.